The number of methoxy groups -OCH3 is 1. The molecule has 0 spiro atoms. The molecule has 1 aliphatic rings. The Morgan fingerprint density at radius 2 is 1.95 bits per heavy atom. The van der Waals surface area contributed by atoms with Crippen molar-refractivity contribution in [3.05, 3.63) is 46.0 Å². The molecule has 19 heavy (non-hydrogen) atoms. The van der Waals surface area contributed by atoms with Gasteiger partial charge in [-0.2, -0.15) is 0 Å². The molecule has 0 bridgehead atoms. The van der Waals surface area contributed by atoms with Gasteiger partial charge >= 0.3 is 117 Å². The Balaban J connectivity index is 2.22. The summed E-state index contributed by atoms with van der Waals surface area (Å²) in [6, 6.07) is 3.07. The fraction of sp³-hybridized carbons (Fsp3) is 0.286. The Bertz CT molecular complexity index is 538. The van der Waals surface area contributed by atoms with Crippen LogP contribution < -0.4 is 4.74 Å². The Hall–Kier alpha value is -1.16. The molecular formula is C14H16F2O2Se. The van der Waals surface area contributed by atoms with E-state index in [9.17, 15) is 8.78 Å². The third-order valence-electron chi connectivity index (χ3n) is 2.68. The van der Waals surface area contributed by atoms with E-state index in [4.69, 9.17) is 9.47 Å². The van der Waals surface area contributed by atoms with Crippen LogP contribution >= 0.6 is 0 Å². The van der Waals surface area contributed by atoms with Gasteiger partial charge < -0.3 is 0 Å². The molecule has 1 heterocycles. The molecule has 1 aromatic rings. The van der Waals surface area contributed by atoms with E-state index in [1.54, 1.807) is 20.1 Å². The van der Waals surface area contributed by atoms with Gasteiger partial charge in [0.15, 0.2) is 0 Å². The molecule has 2 rings (SSSR count). The van der Waals surface area contributed by atoms with E-state index in [1.165, 1.54) is 10.5 Å². The summed E-state index contributed by atoms with van der Waals surface area (Å²) in [5.41, 5.74) is 0.336. The maximum absolute atomic E-state index is 14.0. The number of benzene rings is 1. The number of ether oxygens (including phenoxy) is 2. The molecule has 0 unspecified atom stereocenters. The molecule has 0 saturated heterocycles. The zero-order valence-electron chi connectivity index (χ0n) is 10.8. The van der Waals surface area contributed by atoms with Crippen LogP contribution in [0.15, 0.2) is 28.8 Å². The molecule has 5 heteroatoms. The monoisotopic (exact) mass is 334 g/mol. The minimum atomic E-state index is -0.910. The molecule has 0 aromatic heterocycles. The van der Waals surface area contributed by atoms with Crippen LogP contribution in [0, 0.1) is 11.6 Å². The van der Waals surface area contributed by atoms with Gasteiger partial charge in [-0.05, 0) is 0 Å². The topological polar surface area (TPSA) is 18.5 Å². The molecule has 0 radical (unpaired) electrons. The van der Waals surface area contributed by atoms with Gasteiger partial charge in [0, 0.05) is 0 Å². The van der Waals surface area contributed by atoms with Crippen molar-refractivity contribution in [3.63, 3.8) is 0 Å². The van der Waals surface area contributed by atoms with Gasteiger partial charge in [-0.25, -0.2) is 0 Å². The third-order valence-corrected chi connectivity index (χ3v) is 5.49. The quantitative estimate of drug-likeness (QED) is 0.771. The molecule has 104 valence electrons. The van der Waals surface area contributed by atoms with Crippen LogP contribution in [0.1, 0.15) is 12.5 Å². The van der Waals surface area contributed by atoms with Crippen LogP contribution in [-0.2, 0) is 4.74 Å². The van der Waals surface area contributed by atoms with Crippen LogP contribution in [0.3, 0.4) is 0 Å². The van der Waals surface area contributed by atoms with Gasteiger partial charge in [0.1, 0.15) is 0 Å². The summed E-state index contributed by atoms with van der Waals surface area (Å²) in [6.07, 6.45) is 3.79. The first kappa shape index (κ1) is 14.3. The second-order valence-corrected chi connectivity index (χ2v) is 7.00. The number of allylic oxidation sites excluding steroid dienone is 2. The summed E-state index contributed by atoms with van der Waals surface area (Å²) in [5, 5.41) is 0. The molecule has 0 N–H and O–H groups in total. The van der Waals surface area contributed by atoms with E-state index < -0.39 is 26.6 Å². The van der Waals surface area contributed by atoms with E-state index >= 15 is 0 Å². The van der Waals surface area contributed by atoms with E-state index in [2.05, 4.69) is 0 Å². The second-order valence-electron chi connectivity index (χ2n) is 4.00. The van der Waals surface area contributed by atoms with Crippen molar-refractivity contribution in [3.8, 4) is 5.75 Å². The maximum atomic E-state index is 14.0. The molecule has 0 aliphatic carbocycles. The zero-order chi connectivity index (χ0) is 13.8. The van der Waals surface area contributed by atoms with Crippen molar-refractivity contribution in [1.82, 2.24) is 0 Å². The fourth-order valence-electron chi connectivity index (χ4n) is 1.84. The van der Waals surface area contributed by atoms with Crippen LogP contribution in [0.5, 0.6) is 5.75 Å². The Labute approximate surface area is 117 Å². The standard InChI is InChI=1S/C14H16F2O2Se/c1-3-18-11-6-5-10(13(15)14(11)16)12-7-4-9(19-12)8-17-2/h4-7H,3,8,19H2,1-2H3. The molecule has 0 saturated carbocycles. The van der Waals surface area contributed by atoms with Crippen LogP contribution in [0.4, 0.5) is 8.78 Å². The van der Waals surface area contributed by atoms with Gasteiger partial charge in [0.2, 0.25) is 0 Å². The van der Waals surface area contributed by atoms with Gasteiger partial charge in [-0.3, -0.25) is 0 Å². The molecule has 0 amide bonds. The second kappa shape index (κ2) is 6.33. The number of rotatable bonds is 5. The van der Waals surface area contributed by atoms with E-state index in [-0.39, 0.29) is 5.75 Å². The van der Waals surface area contributed by atoms with Crippen molar-refractivity contribution < 1.29 is 18.3 Å². The average Bonchev–Trinajstić information content (AvgIpc) is 2.84. The van der Waals surface area contributed by atoms with Gasteiger partial charge in [-0.1, -0.05) is 0 Å². The molecule has 2 nitrogen and oxygen atoms in total. The van der Waals surface area contributed by atoms with Crippen molar-refractivity contribution in [2.45, 2.75) is 6.92 Å². The van der Waals surface area contributed by atoms with E-state index in [1.807, 2.05) is 12.2 Å². The van der Waals surface area contributed by atoms with E-state index in [0.29, 0.717) is 18.8 Å². The zero-order valence-corrected chi connectivity index (χ0v) is 12.9. The number of hydrogen-bond donors (Lipinski definition) is 0. The summed E-state index contributed by atoms with van der Waals surface area (Å²) in [5.74, 6) is -1.77. The number of hydrogen-bond acceptors (Lipinski definition) is 2. The van der Waals surface area contributed by atoms with Crippen molar-refractivity contribution in [1.29, 1.82) is 0 Å². The Morgan fingerprint density at radius 3 is 2.63 bits per heavy atom. The predicted octanol–water partition coefficient (Wildman–Crippen LogP) is 2.42. The first-order valence-corrected chi connectivity index (χ1v) is 8.05. The fourth-order valence-corrected chi connectivity index (χ4v) is 4.41. The normalized spacial score (nSPS) is 16.4. The first-order chi connectivity index (χ1) is 9.17. The van der Waals surface area contributed by atoms with Crippen molar-refractivity contribution in [2.24, 2.45) is 0 Å². The Kier molecular flexibility index (Phi) is 4.75. The molecular weight excluding hydrogens is 317 g/mol. The summed E-state index contributed by atoms with van der Waals surface area (Å²) in [7, 11) is 1.63. The van der Waals surface area contributed by atoms with Gasteiger partial charge in [0.25, 0.3) is 0 Å². The Morgan fingerprint density at radius 1 is 1.16 bits per heavy atom. The molecule has 0 fully saturated rings. The van der Waals surface area contributed by atoms with Crippen LogP contribution in [0.2, 0.25) is 0 Å². The van der Waals surface area contributed by atoms with Crippen LogP contribution in [0.25, 0.3) is 4.47 Å². The summed E-state index contributed by atoms with van der Waals surface area (Å²) >= 11 is -0.616. The number of halogens is 2. The van der Waals surface area contributed by atoms with Crippen LogP contribution in [-0.4, -0.2) is 35.3 Å². The summed E-state index contributed by atoms with van der Waals surface area (Å²) < 4.78 is 40.0. The van der Waals surface area contributed by atoms with Gasteiger partial charge in [0.05, 0.1) is 0 Å². The van der Waals surface area contributed by atoms with Crippen molar-refractivity contribution >= 4 is 19.4 Å². The minimum absolute atomic E-state index is 0.0348. The SMILES string of the molecule is CCOc1ccc(C2=CC=C(COC)[SeH2]2)c(F)c1F. The molecule has 0 atom stereocenters. The first-order valence-electron chi connectivity index (χ1n) is 5.95. The van der Waals surface area contributed by atoms with Crippen molar-refractivity contribution in [2.75, 3.05) is 20.3 Å². The molecule has 1 aromatic carbocycles. The summed E-state index contributed by atoms with van der Waals surface area (Å²) in [4.78, 5) is 0. The predicted molar refractivity (Wildman–Crippen MR) is 74.0 cm³/mol. The third kappa shape index (κ3) is 3.06. The molecule has 1 aliphatic heterocycles. The summed E-state index contributed by atoms with van der Waals surface area (Å²) in [6.45, 7) is 2.60. The van der Waals surface area contributed by atoms with Gasteiger partial charge in [-0.15, -0.1) is 0 Å². The van der Waals surface area contributed by atoms with E-state index in [0.717, 1.165) is 4.47 Å². The average molecular weight is 333 g/mol.